The van der Waals surface area contributed by atoms with E-state index in [9.17, 15) is 9.18 Å². The summed E-state index contributed by atoms with van der Waals surface area (Å²) in [6.45, 7) is 0. The molecule has 1 aliphatic carbocycles. The molecule has 3 rings (SSSR count). The van der Waals surface area contributed by atoms with Gasteiger partial charge in [-0.2, -0.15) is 0 Å². The number of thiophene rings is 1. The van der Waals surface area contributed by atoms with Gasteiger partial charge in [-0.25, -0.2) is 4.39 Å². The fourth-order valence-corrected chi connectivity index (χ4v) is 4.46. The molecule has 0 saturated heterocycles. The molecular formula is C16H17ClFNOS. The summed E-state index contributed by atoms with van der Waals surface area (Å²) in [5.41, 5.74) is 0. The van der Waals surface area contributed by atoms with Crippen LogP contribution in [0.1, 0.15) is 35.4 Å². The number of carbonyl (C=O) groups is 1. The normalized spacial score (nSPS) is 22.4. The highest BCUT2D eigenvalue weighted by molar-refractivity contribution is 7.20. The van der Waals surface area contributed by atoms with Gasteiger partial charge in [0.25, 0.3) is 5.91 Å². The summed E-state index contributed by atoms with van der Waals surface area (Å²) >= 11 is 7.71. The molecule has 2 atom stereocenters. The van der Waals surface area contributed by atoms with Crippen molar-refractivity contribution in [2.24, 2.45) is 0 Å². The predicted molar refractivity (Wildman–Crippen MR) is 85.8 cm³/mol. The lowest BCUT2D eigenvalue weighted by Crippen LogP contribution is -2.44. The molecule has 0 aliphatic heterocycles. The van der Waals surface area contributed by atoms with E-state index in [1.807, 2.05) is 13.1 Å². The van der Waals surface area contributed by atoms with Crippen molar-refractivity contribution in [2.75, 3.05) is 7.05 Å². The smallest absolute Gasteiger partial charge is 0.264 e. The van der Waals surface area contributed by atoms with Gasteiger partial charge < -0.3 is 4.90 Å². The van der Waals surface area contributed by atoms with Gasteiger partial charge in [0, 0.05) is 17.8 Å². The van der Waals surface area contributed by atoms with E-state index >= 15 is 0 Å². The molecule has 0 spiro atoms. The number of alkyl halides is 1. The molecule has 21 heavy (non-hydrogen) atoms. The zero-order valence-electron chi connectivity index (χ0n) is 11.8. The van der Waals surface area contributed by atoms with Gasteiger partial charge in [0.2, 0.25) is 0 Å². The van der Waals surface area contributed by atoms with Crippen molar-refractivity contribution in [1.29, 1.82) is 0 Å². The van der Waals surface area contributed by atoms with E-state index in [-0.39, 0.29) is 23.1 Å². The van der Waals surface area contributed by atoms with Gasteiger partial charge in [-0.3, -0.25) is 4.79 Å². The van der Waals surface area contributed by atoms with Crippen molar-refractivity contribution in [3.8, 4) is 0 Å². The molecule has 1 heterocycles. The van der Waals surface area contributed by atoms with E-state index in [0.29, 0.717) is 4.88 Å². The Kier molecular flexibility index (Phi) is 4.18. The van der Waals surface area contributed by atoms with E-state index < -0.39 is 0 Å². The maximum Gasteiger partial charge on any atom is 0.264 e. The lowest BCUT2D eigenvalue weighted by Gasteiger charge is -2.34. The summed E-state index contributed by atoms with van der Waals surface area (Å²) in [6, 6.07) is 6.53. The quantitative estimate of drug-likeness (QED) is 0.735. The molecule has 0 N–H and O–H groups in total. The molecule has 1 aromatic carbocycles. The molecule has 1 aromatic heterocycles. The average molecular weight is 326 g/mol. The fraction of sp³-hybridized carbons (Fsp3) is 0.438. The number of nitrogens with zero attached hydrogens (tertiary/aromatic N) is 1. The van der Waals surface area contributed by atoms with Crippen LogP contribution >= 0.6 is 22.9 Å². The Balaban J connectivity index is 1.85. The number of amides is 1. The van der Waals surface area contributed by atoms with Crippen LogP contribution in [0.2, 0.25) is 0 Å². The van der Waals surface area contributed by atoms with Gasteiger partial charge in [-0.1, -0.05) is 18.9 Å². The second kappa shape index (κ2) is 5.93. The Morgan fingerprint density at radius 3 is 2.86 bits per heavy atom. The van der Waals surface area contributed by atoms with Gasteiger partial charge in [-0.15, -0.1) is 22.9 Å². The number of rotatable bonds is 2. The highest BCUT2D eigenvalue weighted by atomic mass is 35.5. The molecule has 1 amide bonds. The minimum atomic E-state index is -0.273. The van der Waals surface area contributed by atoms with E-state index in [4.69, 9.17) is 11.6 Å². The minimum absolute atomic E-state index is 0.0193. The Labute approximate surface area is 132 Å². The molecule has 2 unspecified atom stereocenters. The lowest BCUT2D eigenvalue weighted by molar-refractivity contribution is 0.0705. The average Bonchev–Trinajstić information content (AvgIpc) is 2.89. The monoisotopic (exact) mass is 325 g/mol. The molecule has 0 bridgehead atoms. The van der Waals surface area contributed by atoms with E-state index in [2.05, 4.69) is 0 Å². The van der Waals surface area contributed by atoms with Crippen molar-refractivity contribution in [3.05, 3.63) is 35.0 Å². The molecule has 2 aromatic rings. The van der Waals surface area contributed by atoms with E-state index in [1.54, 1.807) is 11.0 Å². The number of benzene rings is 1. The maximum absolute atomic E-state index is 13.2. The van der Waals surface area contributed by atoms with E-state index in [1.165, 1.54) is 23.5 Å². The molecular weight excluding hydrogens is 309 g/mol. The molecule has 1 aliphatic rings. The fourth-order valence-electron chi connectivity index (χ4n) is 2.94. The summed E-state index contributed by atoms with van der Waals surface area (Å²) in [5.74, 6) is -0.293. The first-order valence-corrected chi connectivity index (χ1v) is 8.42. The van der Waals surface area contributed by atoms with Crippen LogP contribution < -0.4 is 0 Å². The SMILES string of the molecule is CN(C(=O)c1cc2ccc(F)cc2s1)C1CCCCC1Cl. The van der Waals surface area contributed by atoms with Crippen LogP contribution in [-0.4, -0.2) is 29.3 Å². The Morgan fingerprint density at radius 2 is 2.10 bits per heavy atom. The Morgan fingerprint density at radius 1 is 1.33 bits per heavy atom. The summed E-state index contributed by atoms with van der Waals surface area (Å²) in [7, 11) is 1.82. The van der Waals surface area contributed by atoms with Crippen molar-refractivity contribution < 1.29 is 9.18 Å². The van der Waals surface area contributed by atoms with Gasteiger partial charge in [-0.05, 0) is 36.4 Å². The second-order valence-corrected chi connectivity index (χ2v) is 7.22. The largest absolute Gasteiger partial charge is 0.337 e. The highest BCUT2D eigenvalue weighted by Crippen LogP contribution is 2.31. The number of hydrogen-bond donors (Lipinski definition) is 0. The Bertz CT molecular complexity index is 671. The number of halogens is 2. The Hall–Kier alpha value is -1.13. The third-order valence-corrected chi connectivity index (χ3v) is 5.75. The van der Waals surface area contributed by atoms with Crippen LogP contribution in [0.5, 0.6) is 0 Å². The van der Waals surface area contributed by atoms with Crippen LogP contribution in [0.25, 0.3) is 10.1 Å². The summed E-state index contributed by atoms with van der Waals surface area (Å²) in [4.78, 5) is 15.0. The minimum Gasteiger partial charge on any atom is -0.337 e. The van der Waals surface area contributed by atoms with Gasteiger partial charge >= 0.3 is 0 Å². The second-order valence-electron chi connectivity index (χ2n) is 5.58. The molecule has 2 nitrogen and oxygen atoms in total. The van der Waals surface area contributed by atoms with Crippen molar-refractivity contribution in [2.45, 2.75) is 37.1 Å². The summed E-state index contributed by atoms with van der Waals surface area (Å²) in [5, 5.41) is 0.934. The molecule has 1 fully saturated rings. The van der Waals surface area contributed by atoms with Gasteiger partial charge in [0.05, 0.1) is 10.3 Å². The van der Waals surface area contributed by atoms with Gasteiger partial charge in [0.15, 0.2) is 0 Å². The zero-order valence-corrected chi connectivity index (χ0v) is 13.4. The molecule has 0 radical (unpaired) electrons. The van der Waals surface area contributed by atoms with Crippen LogP contribution in [0, 0.1) is 5.82 Å². The standard InChI is InChI=1S/C16H17ClFNOS/c1-19(13-5-3-2-4-12(13)17)16(20)15-8-10-6-7-11(18)9-14(10)21-15/h6-9,12-13H,2-5H2,1H3. The topological polar surface area (TPSA) is 20.3 Å². The predicted octanol–water partition coefficient (Wildman–Crippen LogP) is 4.66. The van der Waals surface area contributed by atoms with Crippen molar-refractivity contribution in [1.82, 2.24) is 4.90 Å². The highest BCUT2D eigenvalue weighted by Gasteiger charge is 2.30. The maximum atomic E-state index is 13.2. The third-order valence-electron chi connectivity index (χ3n) is 4.16. The zero-order chi connectivity index (χ0) is 15.0. The van der Waals surface area contributed by atoms with E-state index in [0.717, 1.165) is 35.8 Å². The van der Waals surface area contributed by atoms with Crippen LogP contribution in [0.3, 0.4) is 0 Å². The molecule has 5 heteroatoms. The molecule has 1 saturated carbocycles. The first kappa shape index (κ1) is 14.8. The molecule has 112 valence electrons. The van der Waals surface area contributed by atoms with Crippen molar-refractivity contribution in [3.63, 3.8) is 0 Å². The number of hydrogen-bond acceptors (Lipinski definition) is 2. The first-order chi connectivity index (χ1) is 10.1. The van der Waals surface area contributed by atoms with Crippen LogP contribution in [0.4, 0.5) is 4.39 Å². The number of carbonyl (C=O) groups excluding carboxylic acids is 1. The first-order valence-electron chi connectivity index (χ1n) is 7.16. The summed E-state index contributed by atoms with van der Waals surface area (Å²) < 4.78 is 14.0. The number of fused-ring (bicyclic) bond motifs is 1. The van der Waals surface area contributed by atoms with Crippen molar-refractivity contribution >= 4 is 38.9 Å². The van der Waals surface area contributed by atoms with Gasteiger partial charge in [0.1, 0.15) is 5.82 Å². The lowest BCUT2D eigenvalue weighted by atomic mass is 9.94. The van der Waals surface area contributed by atoms with Crippen LogP contribution in [0.15, 0.2) is 24.3 Å². The third kappa shape index (κ3) is 2.92. The summed E-state index contributed by atoms with van der Waals surface area (Å²) in [6.07, 6.45) is 4.16. The van der Waals surface area contributed by atoms with Crippen LogP contribution in [-0.2, 0) is 0 Å².